The second kappa shape index (κ2) is 6.20. The van der Waals surface area contributed by atoms with Gasteiger partial charge in [0.15, 0.2) is 0 Å². The number of carboxylic acids is 1. The van der Waals surface area contributed by atoms with Gasteiger partial charge in [0, 0.05) is 17.1 Å². The number of carbonyl (C=O) groups is 1. The maximum Gasteiger partial charge on any atom is 0.306 e. The normalized spacial score (nSPS) is 19.5. The number of hydrogen-bond donors (Lipinski definition) is 2. The summed E-state index contributed by atoms with van der Waals surface area (Å²) in [5.41, 5.74) is 2.23. The standard InChI is InChI=1S/C20H16F3NO2/c21-13-3-1-11(2-4-13)18-15(7-10-5-12(6-10)20(25)26)16-8-14(22)9-17(23)19(16)24-18/h1-4,8-10,12,24H,5-7H2,(H,25,26). The maximum atomic E-state index is 14.2. The van der Waals surface area contributed by atoms with E-state index in [4.69, 9.17) is 5.11 Å². The molecule has 26 heavy (non-hydrogen) atoms. The van der Waals surface area contributed by atoms with Crippen LogP contribution in [-0.4, -0.2) is 16.1 Å². The Kier molecular flexibility index (Phi) is 3.98. The molecule has 0 spiro atoms. The largest absolute Gasteiger partial charge is 0.481 e. The molecule has 6 heteroatoms. The highest BCUT2D eigenvalue weighted by Gasteiger charge is 2.35. The summed E-state index contributed by atoms with van der Waals surface area (Å²) in [6.07, 6.45) is 1.60. The number of hydrogen-bond acceptors (Lipinski definition) is 1. The first-order valence-corrected chi connectivity index (χ1v) is 8.40. The van der Waals surface area contributed by atoms with Gasteiger partial charge in [0.05, 0.1) is 11.4 Å². The molecule has 0 radical (unpaired) electrons. The van der Waals surface area contributed by atoms with E-state index in [1.54, 1.807) is 12.1 Å². The van der Waals surface area contributed by atoms with Crippen molar-refractivity contribution >= 4 is 16.9 Å². The van der Waals surface area contributed by atoms with E-state index in [1.807, 2.05) is 0 Å². The van der Waals surface area contributed by atoms with Crippen LogP contribution >= 0.6 is 0 Å². The molecule has 0 atom stereocenters. The smallest absolute Gasteiger partial charge is 0.306 e. The highest BCUT2D eigenvalue weighted by Crippen LogP contribution is 2.41. The van der Waals surface area contributed by atoms with Crippen molar-refractivity contribution in [3.63, 3.8) is 0 Å². The highest BCUT2D eigenvalue weighted by molar-refractivity contribution is 5.91. The predicted molar refractivity (Wildman–Crippen MR) is 91.2 cm³/mol. The molecule has 2 aromatic carbocycles. The molecule has 4 rings (SSSR count). The van der Waals surface area contributed by atoms with Crippen molar-refractivity contribution in [3.8, 4) is 11.3 Å². The Balaban J connectivity index is 1.78. The Bertz CT molecular complexity index is 988. The van der Waals surface area contributed by atoms with Gasteiger partial charge in [0.2, 0.25) is 0 Å². The van der Waals surface area contributed by atoms with Crippen LogP contribution in [0, 0.1) is 29.3 Å². The molecule has 134 valence electrons. The molecule has 1 aliphatic rings. The van der Waals surface area contributed by atoms with Crippen molar-refractivity contribution in [2.45, 2.75) is 19.3 Å². The third-order valence-corrected chi connectivity index (χ3v) is 5.14. The summed E-state index contributed by atoms with van der Waals surface area (Å²) < 4.78 is 41.2. The molecule has 1 fully saturated rings. The summed E-state index contributed by atoms with van der Waals surface area (Å²) in [5, 5.41) is 9.48. The third kappa shape index (κ3) is 2.85. The number of fused-ring (bicyclic) bond motifs is 1. The maximum absolute atomic E-state index is 14.2. The minimum Gasteiger partial charge on any atom is -0.481 e. The van der Waals surface area contributed by atoms with E-state index in [0.29, 0.717) is 35.9 Å². The van der Waals surface area contributed by atoms with Crippen LogP contribution in [0.1, 0.15) is 18.4 Å². The van der Waals surface area contributed by atoms with Gasteiger partial charge >= 0.3 is 5.97 Å². The molecule has 1 aliphatic carbocycles. The Morgan fingerprint density at radius 1 is 1.08 bits per heavy atom. The van der Waals surface area contributed by atoms with Crippen molar-refractivity contribution in [1.29, 1.82) is 0 Å². The minimum absolute atomic E-state index is 0.139. The highest BCUT2D eigenvalue weighted by atomic mass is 19.1. The number of aromatic nitrogens is 1. The lowest BCUT2D eigenvalue weighted by Gasteiger charge is -2.32. The van der Waals surface area contributed by atoms with Crippen LogP contribution < -0.4 is 0 Å². The van der Waals surface area contributed by atoms with E-state index in [1.165, 1.54) is 18.2 Å². The van der Waals surface area contributed by atoms with Crippen LogP contribution in [0.15, 0.2) is 36.4 Å². The van der Waals surface area contributed by atoms with Gasteiger partial charge < -0.3 is 10.1 Å². The van der Waals surface area contributed by atoms with Gasteiger partial charge in [-0.3, -0.25) is 4.79 Å². The topological polar surface area (TPSA) is 53.1 Å². The van der Waals surface area contributed by atoms with E-state index in [0.717, 1.165) is 11.6 Å². The molecular weight excluding hydrogens is 343 g/mol. The number of H-pyrrole nitrogens is 1. The average Bonchev–Trinajstić information content (AvgIpc) is 2.89. The zero-order chi connectivity index (χ0) is 18.4. The van der Waals surface area contributed by atoms with Gasteiger partial charge in [-0.05, 0) is 66.6 Å². The van der Waals surface area contributed by atoms with Crippen molar-refractivity contribution in [1.82, 2.24) is 4.98 Å². The van der Waals surface area contributed by atoms with Crippen LogP contribution in [0.25, 0.3) is 22.2 Å². The van der Waals surface area contributed by atoms with Crippen molar-refractivity contribution in [2.75, 3.05) is 0 Å². The van der Waals surface area contributed by atoms with Crippen LogP contribution in [0.2, 0.25) is 0 Å². The fourth-order valence-corrected chi connectivity index (χ4v) is 3.74. The molecule has 0 aliphatic heterocycles. The van der Waals surface area contributed by atoms with Gasteiger partial charge in [0.25, 0.3) is 0 Å². The van der Waals surface area contributed by atoms with Gasteiger partial charge in [-0.25, -0.2) is 13.2 Å². The molecule has 3 nitrogen and oxygen atoms in total. The fourth-order valence-electron chi connectivity index (χ4n) is 3.74. The molecule has 0 amide bonds. The first-order chi connectivity index (χ1) is 12.4. The Morgan fingerprint density at radius 3 is 2.42 bits per heavy atom. The van der Waals surface area contributed by atoms with Crippen LogP contribution in [-0.2, 0) is 11.2 Å². The number of nitrogens with one attached hydrogen (secondary N) is 1. The van der Waals surface area contributed by atoms with Crippen molar-refractivity contribution in [3.05, 3.63) is 59.4 Å². The zero-order valence-electron chi connectivity index (χ0n) is 13.7. The number of aliphatic carboxylic acids is 1. The number of rotatable bonds is 4. The summed E-state index contributed by atoms with van der Waals surface area (Å²) in [6.45, 7) is 0. The van der Waals surface area contributed by atoms with Crippen LogP contribution in [0.5, 0.6) is 0 Å². The van der Waals surface area contributed by atoms with Crippen LogP contribution in [0.4, 0.5) is 13.2 Å². The van der Waals surface area contributed by atoms with E-state index in [9.17, 15) is 18.0 Å². The lowest BCUT2D eigenvalue weighted by atomic mass is 9.72. The second-order valence-electron chi connectivity index (χ2n) is 6.87. The van der Waals surface area contributed by atoms with E-state index in [2.05, 4.69) is 4.98 Å². The Morgan fingerprint density at radius 2 is 1.77 bits per heavy atom. The second-order valence-corrected chi connectivity index (χ2v) is 6.87. The number of halogens is 3. The average molecular weight is 359 g/mol. The van der Waals surface area contributed by atoms with Gasteiger partial charge in [-0.1, -0.05) is 0 Å². The molecular formula is C20H16F3NO2. The first-order valence-electron chi connectivity index (χ1n) is 8.40. The number of benzene rings is 2. The molecule has 0 bridgehead atoms. The van der Waals surface area contributed by atoms with E-state index in [-0.39, 0.29) is 23.2 Å². The number of carboxylic acid groups (broad SMARTS) is 1. The van der Waals surface area contributed by atoms with E-state index < -0.39 is 17.6 Å². The molecule has 3 aromatic rings. The Labute approximate surface area is 147 Å². The van der Waals surface area contributed by atoms with Gasteiger partial charge in [-0.2, -0.15) is 0 Å². The minimum atomic E-state index is -0.809. The van der Waals surface area contributed by atoms with E-state index >= 15 is 0 Å². The fraction of sp³-hybridized carbons (Fsp3) is 0.250. The lowest BCUT2D eigenvalue weighted by Crippen LogP contribution is -2.31. The third-order valence-electron chi connectivity index (χ3n) is 5.14. The summed E-state index contributed by atoms with van der Waals surface area (Å²) in [6, 6.07) is 7.89. The van der Waals surface area contributed by atoms with Gasteiger partial charge in [0.1, 0.15) is 17.5 Å². The SMILES string of the molecule is O=C(O)C1CC(Cc2c(-c3ccc(F)cc3)[nH]c3c(F)cc(F)cc23)C1. The Hall–Kier alpha value is -2.76. The van der Waals surface area contributed by atoms with Crippen molar-refractivity contribution in [2.24, 2.45) is 11.8 Å². The molecule has 0 unspecified atom stereocenters. The molecule has 0 saturated heterocycles. The quantitative estimate of drug-likeness (QED) is 0.696. The first kappa shape index (κ1) is 16.7. The van der Waals surface area contributed by atoms with Crippen molar-refractivity contribution < 1.29 is 23.1 Å². The molecule has 1 aromatic heterocycles. The van der Waals surface area contributed by atoms with Gasteiger partial charge in [-0.15, -0.1) is 0 Å². The summed E-state index contributed by atoms with van der Waals surface area (Å²) >= 11 is 0. The molecule has 1 saturated carbocycles. The summed E-state index contributed by atoms with van der Waals surface area (Å²) in [5.74, 6) is -2.76. The summed E-state index contributed by atoms with van der Waals surface area (Å²) in [4.78, 5) is 14.0. The molecule has 2 N–H and O–H groups in total. The summed E-state index contributed by atoms with van der Waals surface area (Å²) in [7, 11) is 0. The van der Waals surface area contributed by atoms with Crippen LogP contribution in [0.3, 0.4) is 0 Å². The lowest BCUT2D eigenvalue weighted by molar-refractivity contribution is -0.146. The molecule has 1 heterocycles. The monoisotopic (exact) mass is 359 g/mol. The predicted octanol–water partition coefficient (Wildman–Crippen LogP) is 4.91. The number of aromatic amines is 1. The zero-order valence-corrected chi connectivity index (χ0v) is 13.7.